The van der Waals surface area contributed by atoms with E-state index in [-0.39, 0.29) is 10.7 Å². The van der Waals surface area contributed by atoms with Gasteiger partial charge >= 0.3 is 0 Å². The van der Waals surface area contributed by atoms with Crippen LogP contribution in [0.25, 0.3) is 11.0 Å². The van der Waals surface area contributed by atoms with E-state index in [1.807, 2.05) is 12.1 Å². The smallest absolute Gasteiger partial charge is 0.180 e. The lowest BCUT2D eigenvalue weighted by molar-refractivity contribution is 0.315. The van der Waals surface area contributed by atoms with Crippen molar-refractivity contribution in [1.29, 1.82) is 0 Å². The number of benzene rings is 1. The predicted molar refractivity (Wildman–Crippen MR) is 79.0 cm³/mol. The zero-order valence-electron chi connectivity index (χ0n) is 11.9. The van der Waals surface area contributed by atoms with Crippen LogP contribution in [0.5, 0.6) is 0 Å². The zero-order chi connectivity index (χ0) is 15.7. The molecular weight excluding hydrogens is 306 g/mol. The van der Waals surface area contributed by atoms with Crippen molar-refractivity contribution in [2.75, 3.05) is 11.6 Å². The van der Waals surface area contributed by atoms with E-state index in [2.05, 4.69) is 30.2 Å². The summed E-state index contributed by atoms with van der Waals surface area (Å²) in [6, 6.07) is 5.45. The first-order chi connectivity index (χ1) is 10.4. The van der Waals surface area contributed by atoms with Crippen LogP contribution in [0.2, 0.25) is 0 Å². The minimum absolute atomic E-state index is 0.0716. The van der Waals surface area contributed by atoms with Crippen molar-refractivity contribution >= 4 is 26.7 Å². The molecule has 3 rings (SSSR count). The van der Waals surface area contributed by atoms with E-state index < -0.39 is 9.84 Å². The fraction of sp³-hybridized carbons (Fsp3) is 0.231. The van der Waals surface area contributed by atoms with E-state index in [9.17, 15) is 8.42 Å². The maximum atomic E-state index is 11.8. The lowest BCUT2D eigenvalue weighted by atomic mass is 10.2. The maximum Gasteiger partial charge on any atom is 0.180 e. The minimum atomic E-state index is -3.41. The molecule has 3 aromatic rings. The molecule has 1 N–H and O–H groups in total. The Morgan fingerprint density at radius 3 is 2.77 bits per heavy atom. The van der Waals surface area contributed by atoms with E-state index in [0.29, 0.717) is 23.4 Å². The molecule has 0 saturated carbocycles. The summed E-state index contributed by atoms with van der Waals surface area (Å²) in [5.74, 6) is 0.777. The Morgan fingerprint density at radius 2 is 2.00 bits per heavy atom. The van der Waals surface area contributed by atoms with Gasteiger partial charge in [-0.25, -0.2) is 23.0 Å². The lowest BCUT2D eigenvalue weighted by Gasteiger charge is -2.10. The summed E-state index contributed by atoms with van der Waals surface area (Å²) < 4.78 is 28.2. The van der Waals surface area contributed by atoms with Gasteiger partial charge in [-0.15, -0.1) is 0 Å². The number of nitrogens with one attached hydrogen (secondary N) is 1. The molecular formula is C13H13N5O3S. The SMILES string of the molecule is Cc1ncc(S(C)(=O)=O)c(NCc2ccc3nonc3c2)n1. The first-order valence-electron chi connectivity index (χ1n) is 6.42. The average molecular weight is 319 g/mol. The van der Waals surface area contributed by atoms with Gasteiger partial charge in [-0.1, -0.05) is 6.07 Å². The number of hydrogen-bond acceptors (Lipinski definition) is 8. The third-order valence-corrected chi connectivity index (χ3v) is 4.15. The summed E-state index contributed by atoms with van der Waals surface area (Å²) in [5.41, 5.74) is 2.21. The topological polar surface area (TPSA) is 111 Å². The number of anilines is 1. The second-order valence-corrected chi connectivity index (χ2v) is 6.83. The van der Waals surface area contributed by atoms with E-state index in [1.165, 1.54) is 6.20 Å². The lowest BCUT2D eigenvalue weighted by Crippen LogP contribution is -2.10. The van der Waals surface area contributed by atoms with Gasteiger partial charge in [0.2, 0.25) is 0 Å². The monoisotopic (exact) mass is 319 g/mol. The second kappa shape index (κ2) is 5.34. The molecule has 0 fully saturated rings. The van der Waals surface area contributed by atoms with Gasteiger partial charge in [0.1, 0.15) is 27.6 Å². The Balaban J connectivity index is 1.88. The van der Waals surface area contributed by atoms with Crippen LogP contribution in [0.1, 0.15) is 11.4 Å². The van der Waals surface area contributed by atoms with Gasteiger partial charge < -0.3 is 5.32 Å². The van der Waals surface area contributed by atoms with Crippen LogP contribution >= 0.6 is 0 Å². The van der Waals surface area contributed by atoms with Gasteiger partial charge in [-0.2, -0.15) is 0 Å². The van der Waals surface area contributed by atoms with Crippen molar-refractivity contribution in [3.63, 3.8) is 0 Å². The molecule has 0 radical (unpaired) electrons. The summed E-state index contributed by atoms with van der Waals surface area (Å²) in [6.07, 6.45) is 2.43. The molecule has 0 saturated heterocycles. The van der Waals surface area contributed by atoms with Crippen LogP contribution < -0.4 is 5.32 Å². The van der Waals surface area contributed by atoms with Gasteiger partial charge in [0.25, 0.3) is 0 Å². The molecule has 0 amide bonds. The number of nitrogens with zero attached hydrogens (tertiary/aromatic N) is 4. The van der Waals surface area contributed by atoms with E-state index in [0.717, 1.165) is 11.8 Å². The first kappa shape index (κ1) is 14.4. The van der Waals surface area contributed by atoms with Gasteiger partial charge in [-0.05, 0) is 34.9 Å². The van der Waals surface area contributed by atoms with E-state index >= 15 is 0 Å². The van der Waals surface area contributed by atoms with Crippen LogP contribution in [0.15, 0.2) is 33.9 Å². The number of rotatable bonds is 4. The van der Waals surface area contributed by atoms with Crippen molar-refractivity contribution in [2.45, 2.75) is 18.4 Å². The normalized spacial score (nSPS) is 11.7. The Bertz CT molecular complexity index is 936. The predicted octanol–water partition coefficient (Wildman–Crippen LogP) is 1.34. The van der Waals surface area contributed by atoms with Crippen LogP contribution in [0.3, 0.4) is 0 Å². The quantitative estimate of drug-likeness (QED) is 0.767. The molecule has 0 unspecified atom stereocenters. The van der Waals surface area contributed by atoms with Crippen LogP contribution in [0, 0.1) is 6.92 Å². The Hall–Kier alpha value is -2.55. The van der Waals surface area contributed by atoms with Crippen molar-refractivity contribution in [3.05, 3.63) is 35.8 Å². The zero-order valence-corrected chi connectivity index (χ0v) is 12.8. The van der Waals surface area contributed by atoms with E-state index in [4.69, 9.17) is 0 Å². The Kier molecular flexibility index (Phi) is 3.49. The molecule has 0 aliphatic rings. The average Bonchev–Trinajstić information content (AvgIpc) is 2.91. The summed E-state index contributed by atoms with van der Waals surface area (Å²) in [7, 11) is -3.41. The highest BCUT2D eigenvalue weighted by Crippen LogP contribution is 2.19. The van der Waals surface area contributed by atoms with Gasteiger partial charge in [0.15, 0.2) is 9.84 Å². The molecule has 22 heavy (non-hydrogen) atoms. The molecule has 114 valence electrons. The fourth-order valence-electron chi connectivity index (χ4n) is 1.98. The molecule has 0 spiro atoms. The summed E-state index contributed by atoms with van der Waals surface area (Å²) in [6.45, 7) is 2.09. The van der Waals surface area contributed by atoms with Crippen LogP contribution in [-0.4, -0.2) is 35.0 Å². The standard InChI is InChI=1S/C13H13N5O3S/c1-8-14-7-12(22(2,19)20)13(16-8)15-6-9-3-4-10-11(5-9)18-21-17-10/h3-5,7H,6H2,1-2H3,(H,14,15,16). The molecule has 2 aromatic heterocycles. The molecule has 8 nitrogen and oxygen atoms in total. The molecule has 0 atom stereocenters. The maximum absolute atomic E-state index is 11.8. The van der Waals surface area contributed by atoms with Crippen molar-refractivity contribution in [1.82, 2.24) is 20.3 Å². The molecule has 2 heterocycles. The number of aryl methyl sites for hydroxylation is 1. The molecule has 0 bridgehead atoms. The van der Waals surface area contributed by atoms with Gasteiger partial charge in [0, 0.05) is 12.8 Å². The third kappa shape index (κ3) is 2.89. The Labute approximate surface area is 126 Å². The van der Waals surface area contributed by atoms with E-state index in [1.54, 1.807) is 13.0 Å². The van der Waals surface area contributed by atoms with Crippen molar-refractivity contribution < 1.29 is 13.0 Å². The molecule has 1 aromatic carbocycles. The highest BCUT2D eigenvalue weighted by Gasteiger charge is 2.15. The van der Waals surface area contributed by atoms with Crippen LogP contribution in [0.4, 0.5) is 5.82 Å². The van der Waals surface area contributed by atoms with Gasteiger partial charge in [-0.3, -0.25) is 0 Å². The highest BCUT2D eigenvalue weighted by atomic mass is 32.2. The molecule has 9 heteroatoms. The van der Waals surface area contributed by atoms with Crippen LogP contribution in [-0.2, 0) is 16.4 Å². The fourth-order valence-corrected chi connectivity index (χ4v) is 2.69. The highest BCUT2D eigenvalue weighted by molar-refractivity contribution is 7.90. The molecule has 0 aliphatic carbocycles. The third-order valence-electron chi connectivity index (χ3n) is 3.05. The summed E-state index contributed by atoms with van der Waals surface area (Å²) >= 11 is 0. The Morgan fingerprint density at radius 1 is 1.23 bits per heavy atom. The molecule has 0 aliphatic heterocycles. The van der Waals surface area contributed by atoms with Gasteiger partial charge in [0.05, 0.1) is 6.20 Å². The number of aromatic nitrogens is 4. The summed E-state index contributed by atoms with van der Waals surface area (Å²) in [4.78, 5) is 8.16. The number of hydrogen-bond donors (Lipinski definition) is 1. The first-order valence-corrected chi connectivity index (χ1v) is 8.31. The van der Waals surface area contributed by atoms with Crippen molar-refractivity contribution in [3.8, 4) is 0 Å². The largest absolute Gasteiger partial charge is 0.365 e. The number of sulfone groups is 1. The minimum Gasteiger partial charge on any atom is -0.365 e. The number of fused-ring (bicyclic) bond motifs is 1. The summed E-state index contributed by atoms with van der Waals surface area (Å²) in [5, 5.41) is 10.5. The second-order valence-electron chi connectivity index (χ2n) is 4.84. The van der Waals surface area contributed by atoms with Crippen molar-refractivity contribution in [2.24, 2.45) is 0 Å².